The predicted octanol–water partition coefficient (Wildman–Crippen LogP) is 2.24. The standard InChI is InChI=1S/C13H18N2O3/c1-2-3-8-14-13(18)15-11-7-5-4-6-10(11)9-12(16)17/h4-7H,2-3,8-9H2,1H3,(H,16,17)(H2,14,15,18). The van der Waals surface area contributed by atoms with Crippen molar-refractivity contribution in [3.8, 4) is 0 Å². The van der Waals surface area contributed by atoms with Crippen molar-refractivity contribution in [3.05, 3.63) is 29.8 Å². The normalized spacial score (nSPS) is 9.83. The van der Waals surface area contributed by atoms with Gasteiger partial charge in [0.1, 0.15) is 0 Å². The zero-order chi connectivity index (χ0) is 13.4. The largest absolute Gasteiger partial charge is 0.481 e. The lowest BCUT2D eigenvalue weighted by molar-refractivity contribution is -0.136. The smallest absolute Gasteiger partial charge is 0.319 e. The van der Waals surface area contributed by atoms with Crippen LogP contribution in [0.4, 0.5) is 10.5 Å². The molecule has 3 N–H and O–H groups in total. The van der Waals surface area contributed by atoms with E-state index in [1.54, 1.807) is 24.3 Å². The van der Waals surface area contributed by atoms with Gasteiger partial charge in [0.2, 0.25) is 0 Å². The van der Waals surface area contributed by atoms with Gasteiger partial charge in [-0.05, 0) is 18.1 Å². The van der Waals surface area contributed by atoms with E-state index in [4.69, 9.17) is 5.11 Å². The topological polar surface area (TPSA) is 78.4 Å². The molecule has 5 nitrogen and oxygen atoms in total. The number of nitrogens with one attached hydrogen (secondary N) is 2. The van der Waals surface area contributed by atoms with E-state index in [0.29, 0.717) is 17.8 Å². The Morgan fingerprint density at radius 3 is 2.67 bits per heavy atom. The number of carboxylic acids is 1. The van der Waals surface area contributed by atoms with Crippen LogP contribution in [0.15, 0.2) is 24.3 Å². The van der Waals surface area contributed by atoms with E-state index >= 15 is 0 Å². The molecule has 1 aromatic carbocycles. The molecule has 0 bridgehead atoms. The Bertz CT molecular complexity index is 418. The fourth-order valence-electron chi connectivity index (χ4n) is 1.50. The molecule has 5 heteroatoms. The highest BCUT2D eigenvalue weighted by molar-refractivity contribution is 5.90. The second-order valence-corrected chi connectivity index (χ2v) is 3.96. The number of carbonyl (C=O) groups excluding carboxylic acids is 1. The Balaban J connectivity index is 2.60. The number of carboxylic acid groups (broad SMARTS) is 1. The van der Waals surface area contributed by atoms with E-state index in [2.05, 4.69) is 10.6 Å². The molecule has 18 heavy (non-hydrogen) atoms. The highest BCUT2D eigenvalue weighted by Crippen LogP contribution is 2.15. The summed E-state index contributed by atoms with van der Waals surface area (Å²) in [5.41, 5.74) is 1.13. The van der Waals surface area contributed by atoms with Crippen LogP contribution >= 0.6 is 0 Å². The van der Waals surface area contributed by atoms with Crippen LogP contribution in [0.5, 0.6) is 0 Å². The fraction of sp³-hybridized carbons (Fsp3) is 0.385. The molecule has 0 unspecified atom stereocenters. The number of para-hydroxylation sites is 1. The number of hydrogen-bond acceptors (Lipinski definition) is 2. The second kappa shape index (κ2) is 7.32. The molecule has 0 aliphatic heterocycles. The first-order valence-electron chi connectivity index (χ1n) is 5.98. The molecule has 0 spiro atoms. The summed E-state index contributed by atoms with van der Waals surface area (Å²) in [6.45, 7) is 2.66. The summed E-state index contributed by atoms with van der Waals surface area (Å²) < 4.78 is 0. The van der Waals surface area contributed by atoms with Crippen molar-refractivity contribution in [2.24, 2.45) is 0 Å². The van der Waals surface area contributed by atoms with Gasteiger partial charge in [0.05, 0.1) is 6.42 Å². The van der Waals surface area contributed by atoms with Crippen molar-refractivity contribution >= 4 is 17.7 Å². The average Bonchev–Trinajstić information content (AvgIpc) is 2.31. The van der Waals surface area contributed by atoms with Crippen molar-refractivity contribution in [2.75, 3.05) is 11.9 Å². The number of aliphatic carboxylic acids is 1. The third-order valence-corrected chi connectivity index (χ3v) is 2.42. The summed E-state index contributed by atoms with van der Waals surface area (Å²) in [4.78, 5) is 22.2. The van der Waals surface area contributed by atoms with Gasteiger partial charge in [-0.3, -0.25) is 4.79 Å². The average molecular weight is 250 g/mol. The van der Waals surface area contributed by atoms with Crippen LogP contribution in [0, 0.1) is 0 Å². The van der Waals surface area contributed by atoms with Crippen molar-refractivity contribution < 1.29 is 14.7 Å². The monoisotopic (exact) mass is 250 g/mol. The SMILES string of the molecule is CCCCNC(=O)Nc1ccccc1CC(=O)O. The van der Waals surface area contributed by atoms with Gasteiger partial charge in [0, 0.05) is 12.2 Å². The van der Waals surface area contributed by atoms with Crippen molar-refractivity contribution in [1.82, 2.24) is 5.32 Å². The third-order valence-electron chi connectivity index (χ3n) is 2.42. The predicted molar refractivity (Wildman–Crippen MR) is 69.7 cm³/mol. The number of hydrogen-bond donors (Lipinski definition) is 3. The number of amides is 2. The van der Waals surface area contributed by atoms with Crippen molar-refractivity contribution in [1.29, 1.82) is 0 Å². The van der Waals surface area contributed by atoms with E-state index in [-0.39, 0.29) is 12.5 Å². The van der Waals surface area contributed by atoms with Gasteiger partial charge in [-0.2, -0.15) is 0 Å². The minimum Gasteiger partial charge on any atom is -0.481 e. The number of rotatable bonds is 6. The van der Waals surface area contributed by atoms with Crippen molar-refractivity contribution in [3.63, 3.8) is 0 Å². The van der Waals surface area contributed by atoms with E-state index in [1.807, 2.05) is 6.92 Å². The van der Waals surface area contributed by atoms with E-state index in [1.165, 1.54) is 0 Å². The first-order valence-corrected chi connectivity index (χ1v) is 5.98. The molecule has 0 heterocycles. The number of unbranched alkanes of at least 4 members (excludes halogenated alkanes) is 1. The molecule has 0 atom stereocenters. The van der Waals surface area contributed by atoms with E-state index in [0.717, 1.165) is 12.8 Å². The van der Waals surface area contributed by atoms with Gasteiger partial charge < -0.3 is 15.7 Å². The van der Waals surface area contributed by atoms with Crippen LogP contribution in [0.1, 0.15) is 25.3 Å². The molecule has 0 aromatic heterocycles. The molecule has 0 saturated carbocycles. The summed E-state index contributed by atoms with van der Waals surface area (Å²) in [7, 11) is 0. The Kier molecular flexibility index (Phi) is 5.70. The molecule has 2 amide bonds. The van der Waals surface area contributed by atoms with Gasteiger partial charge in [0.15, 0.2) is 0 Å². The van der Waals surface area contributed by atoms with Gasteiger partial charge in [-0.1, -0.05) is 31.5 Å². The Morgan fingerprint density at radius 1 is 1.28 bits per heavy atom. The molecule has 1 aromatic rings. The molecule has 0 saturated heterocycles. The minimum atomic E-state index is -0.921. The maximum atomic E-state index is 11.6. The summed E-state index contributed by atoms with van der Waals surface area (Å²) in [6.07, 6.45) is 1.82. The lowest BCUT2D eigenvalue weighted by atomic mass is 10.1. The Morgan fingerprint density at radius 2 is 2.00 bits per heavy atom. The molecular formula is C13H18N2O3. The third kappa shape index (κ3) is 4.86. The van der Waals surface area contributed by atoms with Crippen LogP contribution in [-0.2, 0) is 11.2 Å². The molecular weight excluding hydrogens is 232 g/mol. The molecule has 0 aliphatic rings. The first-order chi connectivity index (χ1) is 8.63. The van der Waals surface area contributed by atoms with Gasteiger partial charge in [0.25, 0.3) is 0 Å². The summed E-state index contributed by atoms with van der Waals surface area (Å²) in [6, 6.07) is 6.58. The maximum absolute atomic E-state index is 11.6. The van der Waals surface area contributed by atoms with Gasteiger partial charge in [-0.25, -0.2) is 4.79 Å². The fourth-order valence-corrected chi connectivity index (χ4v) is 1.50. The summed E-state index contributed by atoms with van der Waals surface area (Å²) in [5, 5.41) is 14.1. The van der Waals surface area contributed by atoms with Gasteiger partial charge in [-0.15, -0.1) is 0 Å². The minimum absolute atomic E-state index is 0.106. The second-order valence-electron chi connectivity index (χ2n) is 3.96. The number of anilines is 1. The van der Waals surface area contributed by atoms with E-state index < -0.39 is 5.97 Å². The molecule has 1 rings (SSSR count). The van der Waals surface area contributed by atoms with Crippen LogP contribution in [0.25, 0.3) is 0 Å². The molecule has 98 valence electrons. The highest BCUT2D eigenvalue weighted by atomic mass is 16.4. The van der Waals surface area contributed by atoms with Crippen LogP contribution in [0.3, 0.4) is 0 Å². The quantitative estimate of drug-likeness (QED) is 0.677. The molecule has 0 radical (unpaired) electrons. The molecule has 0 fully saturated rings. The van der Waals surface area contributed by atoms with Gasteiger partial charge >= 0.3 is 12.0 Å². The summed E-state index contributed by atoms with van der Waals surface area (Å²) in [5.74, 6) is -0.921. The zero-order valence-electron chi connectivity index (χ0n) is 10.4. The first kappa shape index (κ1) is 14.0. The number of benzene rings is 1. The Labute approximate surface area is 106 Å². The van der Waals surface area contributed by atoms with E-state index in [9.17, 15) is 9.59 Å². The lowest BCUT2D eigenvalue weighted by Gasteiger charge is -2.10. The Hall–Kier alpha value is -2.04. The van der Waals surface area contributed by atoms with Crippen molar-refractivity contribution in [2.45, 2.75) is 26.2 Å². The van der Waals surface area contributed by atoms with Crippen LogP contribution in [-0.4, -0.2) is 23.7 Å². The molecule has 0 aliphatic carbocycles. The summed E-state index contributed by atoms with van der Waals surface area (Å²) >= 11 is 0. The lowest BCUT2D eigenvalue weighted by Crippen LogP contribution is -2.29. The number of urea groups is 1. The van der Waals surface area contributed by atoms with Crippen LogP contribution < -0.4 is 10.6 Å². The maximum Gasteiger partial charge on any atom is 0.319 e. The zero-order valence-corrected chi connectivity index (χ0v) is 10.4. The van der Waals surface area contributed by atoms with Crippen LogP contribution in [0.2, 0.25) is 0 Å². The highest BCUT2D eigenvalue weighted by Gasteiger charge is 2.08. The number of carbonyl (C=O) groups is 2.